The molecule has 3 aromatic rings. The Bertz CT molecular complexity index is 971. The third kappa shape index (κ3) is 2.60. The number of rotatable bonds is 4. The van der Waals surface area contributed by atoms with E-state index in [-0.39, 0.29) is 5.41 Å². The molecule has 0 amide bonds. The summed E-state index contributed by atoms with van der Waals surface area (Å²) in [6.07, 6.45) is 8.17. The first-order chi connectivity index (χ1) is 13.2. The highest BCUT2D eigenvalue weighted by Crippen LogP contribution is 2.60. The van der Waals surface area contributed by atoms with E-state index in [9.17, 15) is 0 Å². The van der Waals surface area contributed by atoms with Crippen molar-refractivity contribution in [2.45, 2.75) is 57.5 Å². The average molecular weight is 381 g/mol. The Hall–Kier alpha value is -1.95. The molecule has 0 unspecified atom stereocenters. The van der Waals surface area contributed by atoms with Crippen LogP contribution in [0, 0.1) is 24.7 Å². The van der Waals surface area contributed by atoms with Crippen molar-refractivity contribution in [3.05, 3.63) is 40.7 Å². The largest absolute Gasteiger partial charge is 0.486 e. The van der Waals surface area contributed by atoms with Crippen molar-refractivity contribution in [2.75, 3.05) is 0 Å². The molecule has 5 nitrogen and oxygen atoms in total. The van der Waals surface area contributed by atoms with Gasteiger partial charge in [-0.05, 0) is 80.9 Å². The van der Waals surface area contributed by atoms with Gasteiger partial charge in [0.05, 0.1) is 0 Å². The van der Waals surface area contributed by atoms with Crippen molar-refractivity contribution >= 4 is 16.3 Å². The van der Waals surface area contributed by atoms with Crippen molar-refractivity contribution in [3.8, 4) is 5.75 Å². The molecular weight excluding hydrogens is 356 g/mol. The molecule has 4 bridgehead atoms. The Labute approximate surface area is 162 Å². The highest BCUT2D eigenvalue weighted by Gasteiger charge is 2.54. The molecule has 0 N–H and O–H groups in total. The van der Waals surface area contributed by atoms with Gasteiger partial charge in [0, 0.05) is 5.41 Å². The van der Waals surface area contributed by atoms with Gasteiger partial charge in [-0.3, -0.25) is 0 Å². The van der Waals surface area contributed by atoms with Gasteiger partial charge in [-0.1, -0.05) is 23.5 Å². The van der Waals surface area contributed by atoms with Crippen LogP contribution in [0.15, 0.2) is 24.3 Å². The van der Waals surface area contributed by atoms with Gasteiger partial charge in [0.1, 0.15) is 12.4 Å². The van der Waals surface area contributed by atoms with E-state index in [1.165, 1.54) is 44.1 Å². The lowest BCUT2D eigenvalue weighted by Gasteiger charge is -2.55. The fourth-order valence-electron chi connectivity index (χ4n) is 6.28. The smallest absolute Gasteiger partial charge is 0.234 e. The second-order valence-corrected chi connectivity index (χ2v) is 10.1. The molecule has 4 aliphatic rings. The van der Waals surface area contributed by atoms with Crippen LogP contribution in [-0.2, 0) is 12.0 Å². The zero-order valence-electron chi connectivity index (χ0n) is 15.6. The number of fused-ring (bicyclic) bond motifs is 1. The summed E-state index contributed by atoms with van der Waals surface area (Å²) in [6, 6.07) is 8.15. The van der Waals surface area contributed by atoms with Gasteiger partial charge >= 0.3 is 0 Å². The van der Waals surface area contributed by atoms with Crippen LogP contribution in [0.1, 0.15) is 54.9 Å². The Morgan fingerprint density at radius 1 is 1.11 bits per heavy atom. The van der Waals surface area contributed by atoms with Gasteiger partial charge in [0.25, 0.3) is 0 Å². The highest BCUT2D eigenvalue weighted by molar-refractivity contribution is 7.16. The highest BCUT2D eigenvalue weighted by atomic mass is 32.1. The van der Waals surface area contributed by atoms with Crippen LogP contribution in [0.4, 0.5) is 0 Å². The van der Waals surface area contributed by atoms with Gasteiger partial charge < -0.3 is 4.74 Å². The minimum atomic E-state index is 0.219. The Morgan fingerprint density at radius 2 is 1.85 bits per heavy atom. The first-order valence-electron chi connectivity index (χ1n) is 10.1. The summed E-state index contributed by atoms with van der Waals surface area (Å²) in [4.78, 5) is 0.906. The Balaban J connectivity index is 1.29. The minimum Gasteiger partial charge on any atom is -0.486 e. The number of ether oxygens (including phenoxy) is 1. The number of hydrogen-bond acceptors (Lipinski definition) is 5. The molecule has 2 aromatic heterocycles. The number of aryl methyl sites for hydroxylation is 1. The van der Waals surface area contributed by atoms with E-state index >= 15 is 0 Å². The molecule has 7 rings (SSSR count). The molecule has 0 radical (unpaired) electrons. The van der Waals surface area contributed by atoms with Gasteiger partial charge in [0.15, 0.2) is 10.8 Å². The summed E-state index contributed by atoms with van der Waals surface area (Å²) >= 11 is 1.60. The van der Waals surface area contributed by atoms with Crippen molar-refractivity contribution in [3.63, 3.8) is 0 Å². The third-order valence-corrected chi connectivity index (χ3v) is 7.77. The summed E-state index contributed by atoms with van der Waals surface area (Å²) in [7, 11) is 0. The van der Waals surface area contributed by atoms with Crippen molar-refractivity contribution in [1.29, 1.82) is 0 Å². The van der Waals surface area contributed by atoms with Crippen molar-refractivity contribution < 1.29 is 4.74 Å². The number of hydrogen-bond donors (Lipinski definition) is 0. The van der Waals surface area contributed by atoms with E-state index in [1.807, 2.05) is 16.6 Å². The molecule has 4 aliphatic carbocycles. The lowest BCUT2D eigenvalue weighted by molar-refractivity contribution is -0.0103. The molecule has 4 saturated carbocycles. The van der Waals surface area contributed by atoms with Crippen LogP contribution in [0.25, 0.3) is 4.96 Å². The zero-order chi connectivity index (χ0) is 18.0. The Morgan fingerprint density at radius 3 is 2.56 bits per heavy atom. The van der Waals surface area contributed by atoms with E-state index in [2.05, 4.69) is 29.3 Å². The normalized spacial score (nSPS) is 31.7. The minimum absolute atomic E-state index is 0.219. The van der Waals surface area contributed by atoms with Crippen LogP contribution >= 0.6 is 11.3 Å². The van der Waals surface area contributed by atoms with Crippen LogP contribution in [0.2, 0.25) is 0 Å². The lowest BCUT2D eigenvalue weighted by atomic mass is 9.49. The van der Waals surface area contributed by atoms with Gasteiger partial charge in [-0.2, -0.15) is 9.61 Å². The van der Waals surface area contributed by atoms with Gasteiger partial charge in [-0.15, -0.1) is 10.2 Å². The Kier molecular flexibility index (Phi) is 3.43. The predicted molar refractivity (Wildman–Crippen MR) is 104 cm³/mol. The quantitative estimate of drug-likeness (QED) is 0.667. The van der Waals surface area contributed by atoms with Crippen LogP contribution in [0.3, 0.4) is 0 Å². The maximum atomic E-state index is 5.95. The number of nitrogens with zero attached hydrogens (tertiary/aromatic N) is 4. The maximum absolute atomic E-state index is 5.95. The topological polar surface area (TPSA) is 52.3 Å². The molecule has 0 saturated heterocycles. The number of benzene rings is 1. The van der Waals surface area contributed by atoms with E-state index in [1.54, 1.807) is 11.3 Å². The van der Waals surface area contributed by atoms with E-state index < -0.39 is 0 Å². The second kappa shape index (κ2) is 5.77. The SMILES string of the molecule is Cc1cccc(OCc2nn3c(C45CC6CC(CC(C6)C4)C5)nnc3s2)c1. The molecule has 27 heavy (non-hydrogen) atoms. The van der Waals surface area contributed by atoms with E-state index in [0.29, 0.717) is 6.61 Å². The maximum Gasteiger partial charge on any atom is 0.234 e. The molecule has 0 atom stereocenters. The molecule has 0 aliphatic heterocycles. The lowest BCUT2D eigenvalue weighted by Crippen LogP contribution is -2.49. The van der Waals surface area contributed by atoms with Crippen molar-refractivity contribution in [1.82, 2.24) is 19.8 Å². The molecule has 6 heteroatoms. The van der Waals surface area contributed by atoms with Gasteiger partial charge in [0.2, 0.25) is 4.96 Å². The summed E-state index contributed by atoms with van der Waals surface area (Å²) in [5, 5.41) is 14.9. The molecular formula is C21H24N4OS. The molecule has 0 spiro atoms. The van der Waals surface area contributed by atoms with Crippen LogP contribution in [-0.4, -0.2) is 19.8 Å². The molecule has 2 heterocycles. The first kappa shape index (κ1) is 16.0. The van der Waals surface area contributed by atoms with Crippen LogP contribution < -0.4 is 4.74 Å². The fourth-order valence-corrected chi connectivity index (χ4v) is 7.03. The summed E-state index contributed by atoms with van der Waals surface area (Å²) in [5.41, 5.74) is 1.42. The van der Waals surface area contributed by atoms with Gasteiger partial charge in [-0.25, -0.2) is 0 Å². The third-order valence-electron chi connectivity index (χ3n) is 6.90. The zero-order valence-corrected chi connectivity index (χ0v) is 16.4. The fraction of sp³-hybridized carbons (Fsp3) is 0.571. The molecule has 4 fully saturated rings. The summed E-state index contributed by atoms with van der Waals surface area (Å²) in [5.74, 6) is 4.70. The average Bonchev–Trinajstić information content (AvgIpc) is 3.19. The number of aromatic nitrogens is 4. The van der Waals surface area contributed by atoms with Crippen molar-refractivity contribution in [2.24, 2.45) is 17.8 Å². The predicted octanol–water partition coefficient (Wildman–Crippen LogP) is 4.54. The molecule has 140 valence electrons. The summed E-state index contributed by atoms with van der Waals surface area (Å²) in [6.45, 7) is 2.56. The van der Waals surface area contributed by atoms with Crippen LogP contribution in [0.5, 0.6) is 5.75 Å². The standard InChI is InChI=1S/C21H24N4OS/c1-13-3-2-4-17(5-13)26-12-18-24-25-19(22-23-20(25)27-18)21-9-14-6-15(10-21)8-16(7-14)11-21/h2-5,14-16H,6-12H2,1H3. The van der Waals surface area contributed by atoms with E-state index in [4.69, 9.17) is 9.84 Å². The summed E-state index contributed by atoms with van der Waals surface area (Å²) < 4.78 is 7.98. The first-order valence-corrected chi connectivity index (χ1v) is 10.9. The van der Waals surface area contributed by atoms with E-state index in [0.717, 1.165) is 39.3 Å². The molecule has 1 aromatic carbocycles. The monoisotopic (exact) mass is 380 g/mol. The second-order valence-electron chi connectivity index (χ2n) is 9.02.